The summed E-state index contributed by atoms with van der Waals surface area (Å²) in [5, 5.41) is 10.3. The zero-order valence-corrected chi connectivity index (χ0v) is 10.4. The van der Waals surface area contributed by atoms with Crippen molar-refractivity contribution in [3.05, 3.63) is 28.8 Å². The Morgan fingerprint density at radius 3 is 2.44 bits per heavy atom. The zero-order chi connectivity index (χ0) is 11.9. The molecule has 1 aliphatic carbocycles. The van der Waals surface area contributed by atoms with Gasteiger partial charge in [-0.2, -0.15) is 0 Å². The molecule has 3 N–H and O–H groups in total. The third kappa shape index (κ3) is 1.61. The first-order chi connectivity index (χ1) is 7.52. The molecule has 0 spiro atoms. The summed E-state index contributed by atoms with van der Waals surface area (Å²) in [5.74, 6) is 0.902. The minimum atomic E-state index is 0.0652. The molecule has 0 unspecified atom stereocenters. The Morgan fingerprint density at radius 2 is 2.00 bits per heavy atom. The number of phenols is 1. The molecule has 0 atom stereocenters. The summed E-state index contributed by atoms with van der Waals surface area (Å²) in [6, 6.07) is 4.14. The maximum atomic E-state index is 10.3. The zero-order valence-electron chi connectivity index (χ0n) is 10.4. The van der Waals surface area contributed by atoms with E-state index in [1.165, 1.54) is 5.56 Å². The van der Waals surface area contributed by atoms with Gasteiger partial charge in [0.2, 0.25) is 0 Å². The SMILES string of the molecule is Cc1ccc(C(C)C)c(C2(CN)CC2)c1O. The van der Waals surface area contributed by atoms with Crippen LogP contribution in [0, 0.1) is 6.92 Å². The van der Waals surface area contributed by atoms with Crippen LogP contribution in [0.15, 0.2) is 12.1 Å². The Hall–Kier alpha value is -1.02. The van der Waals surface area contributed by atoms with Crippen molar-refractivity contribution in [2.24, 2.45) is 5.73 Å². The fourth-order valence-corrected chi connectivity index (χ4v) is 2.46. The first-order valence-electron chi connectivity index (χ1n) is 6.05. The van der Waals surface area contributed by atoms with Gasteiger partial charge < -0.3 is 10.8 Å². The first-order valence-corrected chi connectivity index (χ1v) is 6.05. The van der Waals surface area contributed by atoms with Crippen molar-refractivity contribution in [2.75, 3.05) is 6.54 Å². The number of rotatable bonds is 3. The molecule has 1 fully saturated rings. The normalized spacial score (nSPS) is 17.8. The van der Waals surface area contributed by atoms with Crippen LogP contribution in [-0.4, -0.2) is 11.7 Å². The van der Waals surface area contributed by atoms with E-state index >= 15 is 0 Å². The second-order valence-electron chi connectivity index (χ2n) is 5.33. The summed E-state index contributed by atoms with van der Waals surface area (Å²) >= 11 is 0. The molecule has 16 heavy (non-hydrogen) atoms. The monoisotopic (exact) mass is 219 g/mol. The minimum absolute atomic E-state index is 0.0652. The van der Waals surface area contributed by atoms with Gasteiger partial charge in [0, 0.05) is 17.5 Å². The molecule has 1 aromatic rings. The Morgan fingerprint density at radius 1 is 1.38 bits per heavy atom. The summed E-state index contributed by atoms with van der Waals surface area (Å²) in [6.07, 6.45) is 2.22. The topological polar surface area (TPSA) is 46.2 Å². The summed E-state index contributed by atoms with van der Waals surface area (Å²) in [6.45, 7) is 6.93. The van der Waals surface area contributed by atoms with E-state index in [0.717, 1.165) is 24.0 Å². The number of phenolic OH excluding ortho intramolecular Hbond substituents is 1. The number of aromatic hydroxyl groups is 1. The van der Waals surface area contributed by atoms with E-state index in [4.69, 9.17) is 5.73 Å². The largest absolute Gasteiger partial charge is 0.507 e. The van der Waals surface area contributed by atoms with Crippen molar-refractivity contribution in [1.82, 2.24) is 0 Å². The fourth-order valence-electron chi connectivity index (χ4n) is 2.46. The third-order valence-electron chi connectivity index (χ3n) is 3.81. The highest BCUT2D eigenvalue weighted by atomic mass is 16.3. The lowest BCUT2D eigenvalue weighted by molar-refractivity contribution is 0.452. The molecule has 0 radical (unpaired) electrons. The van der Waals surface area contributed by atoms with Crippen molar-refractivity contribution in [3.8, 4) is 5.75 Å². The van der Waals surface area contributed by atoms with Gasteiger partial charge in [-0.25, -0.2) is 0 Å². The van der Waals surface area contributed by atoms with Gasteiger partial charge in [0.25, 0.3) is 0 Å². The molecule has 2 nitrogen and oxygen atoms in total. The van der Waals surface area contributed by atoms with E-state index in [1.807, 2.05) is 13.0 Å². The second-order valence-corrected chi connectivity index (χ2v) is 5.33. The van der Waals surface area contributed by atoms with Gasteiger partial charge in [-0.1, -0.05) is 26.0 Å². The summed E-state index contributed by atoms with van der Waals surface area (Å²) in [7, 11) is 0. The van der Waals surface area contributed by atoms with Crippen molar-refractivity contribution >= 4 is 0 Å². The predicted octanol–water partition coefficient (Wildman–Crippen LogP) is 2.81. The lowest BCUT2D eigenvalue weighted by atomic mass is 9.84. The Labute approximate surface area is 97.5 Å². The molecule has 88 valence electrons. The average Bonchev–Trinajstić information content (AvgIpc) is 3.02. The highest BCUT2D eigenvalue weighted by molar-refractivity contribution is 5.53. The van der Waals surface area contributed by atoms with Crippen LogP contribution >= 0.6 is 0 Å². The number of aryl methyl sites for hydroxylation is 1. The minimum Gasteiger partial charge on any atom is -0.507 e. The number of hydrogen-bond donors (Lipinski definition) is 2. The third-order valence-corrected chi connectivity index (χ3v) is 3.81. The predicted molar refractivity (Wildman–Crippen MR) is 66.9 cm³/mol. The summed E-state index contributed by atoms with van der Waals surface area (Å²) in [4.78, 5) is 0. The number of benzene rings is 1. The van der Waals surface area contributed by atoms with Gasteiger partial charge in [-0.05, 0) is 36.8 Å². The molecular weight excluding hydrogens is 198 g/mol. The Balaban J connectivity index is 2.60. The maximum absolute atomic E-state index is 10.3. The molecule has 0 bridgehead atoms. The highest BCUT2D eigenvalue weighted by Crippen LogP contribution is 2.53. The van der Waals surface area contributed by atoms with Crippen LogP contribution in [0.4, 0.5) is 0 Å². The van der Waals surface area contributed by atoms with E-state index in [2.05, 4.69) is 19.9 Å². The van der Waals surface area contributed by atoms with E-state index in [1.54, 1.807) is 0 Å². The summed E-state index contributed by atoms with van der Waals surface area (Å²) < 4.78 is 0. The van der Waals surface area contributed by atoms with Gasteiger partial charge in [0.1, 0.15) is 5.75 Å². The number of nitrogens with two attached hydrogens (primary N) is 1. The van der Waals surface area contributed by atoms with Crippen molar-refractivity contribution in [1.29, 1.82) is 0 Å². The molecule has 0 heterocycles. The van der Waals surface area contributed by atoms with Crippen molar-refractivity contribution in [2.45, 2.75) is 44.9 Å². The smallest absolute Gasteiger partial charge is 0.122 e. The lowest BCUT2D eigenvalue weighted by Crippen LogP contribution is -2.22. The second kappa shape index (κ2) is 3.77. The van der Waals surface area contributed by atoms with Crippen LogP contribution in [-0.2, 0) is 5.41 Å². The highest BCUT2D eigenvalue weighted by Gasteiger charge is 2.46. The van der Waals surface area contributed by atoms with Crippen LogP contribution in [0.1, 0.15) is 49.3 Å². The van der Waals surface area contributed by atoms with Gasteiger partial charge in [-0.3, -0.25) is 0 Å². The molecule has 0 aliphatic heterocycles. The lowest BCUT2D eigenvalue weighted by Gasteiger charge is -2.22. The Kier molecular flexibility index (Phi) is 2.70. The standard InChI is InChI=1S/C14H21NO/c1-9(2)11-5-4-10(3)13(16)12(11)14(8-15)6-7-14/h4-5,9,16H,6-8,15H2,1-3H3. The summed E-state index contributed by atoms with van der Waals surface area (Å²) in [5.41, 5.74) is 9.27. The molecular formula is C14H21NO. The van der Waals surface area contributed by atoms with Crippen molar-refractivity contribution < 1.29 is 5.11 Å². The van der Waals surface area contributed by atoms with Crippen LogP contribution in [0.25, 0.3) is 0 Å². The van der Waals surface area contributed by atoms with Gasteiger partial charge >= 0.3 is 0 Å². The molecule has 0 aromatic heterocycles. The van der Waals surface area contributed by atoms with E-state index in [-0.39, 0.29) is 5.41 Å². The van der Waals surface area contributed by atoms with Crippen LogP contribution in [0.3, 0.4) is 0 Å². The van der Waals surface area contributed by atoms with Crippen LogP contribution < -0.4 is 5.73 Å². The van der Waals surface area contributed by atoms with E-state index in [0.29, 0.717) is 18.2 Å². The molecule has 1 aliphatic rings. The van der Waals surface area contributed by atoms with Gasteiger partial charge in [-0.15, -0.1) is 0 Å². The molecule has 1 aromatic carbocycles. The molecule has 2 rings (SSSR count). The average molecular weight is 219 g/mol. The van der Waals surface area contributed by atoms with Crippen molar-refractivity contribution in [3.63, 3.8) is 0 Å². The maximum Gasteiger partial charge on any atom is 0.122 e. The molecule has 0 amide bonds. The van der Waals surface area contributed by atoms with E-state index in [9.17, 15) is 5.11 Å². The van der Waals surface area contributed by atoms with Crippen LogP contribution in [0.2, 0.25) is 0 Å². The first kappa shape index (κ1) is 11.5. The molecule has 1 saturated carbocycles. The van der Waals surface area contributed by atoms with Crippen LogP contribution in [0.5, 0.6) is 5.75 Å². The van der Waals surface area contributed by atoms with Gasteiger partial charge in [0.05, 0.1) is 0 Å². The quantitative estimate of drug-likeness (QED) is 0.821. The number of hydrogen-bond acceptors (Lipinski definition) is 2. The van der Waals surface area contributed by atoms with E-state index < -0.39 is 0 Å². The Bertz CT molecular complexity index is 405. The van der Waals surface area contributed by atoms with Gasteiger partial charge in [0.15, 0.2) is 0 Å². The molecule has 2 heteroatoms. The fraction of sp³-hybridized carbons (Fsp3) is 0.571. The molecule has 0 saturated heterocycles.